The van der Waals surface area contributed by atoms with E-state index in [0.29, 0.717) is 5.56 Å². The maximum Gasteiger partial charge on any atom is 0.0991 e. The zero-order chi connectivity index (χ0) is 14.7. The quantitative estimate of drug-likeness (QED) is 0.682. The minimum atomic E-state index is 0.662. The summed E-state index contributed by atoms with van der Waals surface area (Å²) in [5.74, 6) is 0. The molecule has 2 nitrogen and oxygen atoms in total. The van der Waals surface area contributed by atoms with E-state index in [2.05, 4.69) is 35.3 Å². The fourth-order valence-corrected chi connectivity index (χ4v) is 2.33. The Morgan fingerprint density at radius 3 is 2.19 bits per heavy atom. The van der Waals surface area contributed by atoms with Gasteiger partial charge in [-0.3, -0.25) is 4.98 Å². The molecule has 0 atom stereocenters. The van der Waals surface area contributed by atoms with Crippen molar-refractivity contribution in [2.45, 2.75) is 6.92 Å². The maximum atomic E-state index is 8.87. The molecule has 0 spiro atoms. The minimum Gasteiger partial charge on any atom is -0.253 e. The van der Waals surface area contributed by atoms with Crippen LogP contribution in [0.4, 0.5) is 0 Å². The monoisotopic (exact) mass is 270 g/mol. The number of rotatable bonds is 2. The van der Waals surface area contributed by atoms with Crippen molar-refractivity contribution in [1.82, 2.24) is 4.98 Å². The lowest BCUT2D eigenvalue weighted by Gasteiger charge is -2.07. The van der Waals surface area contributed by atoms with Gasteiger partial charge in [-0.05, 0) is 42.3 Å². The van der Waals surface area contributed by atoms with Crippen molar-refractivity contribution in [3.63, 3.8) is 0 Å². The predicted molar refractivity (Wildman–Crippen MR) is 84.6 cm³/mol. The number of benzene rings is 2. The molecule has 0 aliphatic carbocycles. The SMILES string of the molecule is Cc1cc(-c2ccccc2)cc(-c2ccc(C#N)cc2)n1. The molecule has 0 amide bonds. The molecule has 0 aliphatic rings. The van der Waals surface area contributed by atoms with Gasteiger partial charge in [0.05, 0.1) is 17.3 Å². The van der Waals surface area contributed by atoms with Crippen LogP contribution in [0.3, 0.4) is 0 Å². The van der Waals surface area contributed by atoms with Crippen LogP contribution in [0.2, 0.25) is 0 Å². The van der Waals surface area contributed by atoms with Gasteiger partial charge >= 0.3 is 0 Å². The van der Waals surface area contributed by atoms with Crippen molar-refractivity contribution in [1.29, 1.82) is 5.26 Å². The van der Waals surface area contributed by atoms with E-state index in [1.54, 1.807) is 0 Å². The molecule has 0 radical (unpaired) electrons. The molecule has 0 unspecified atom stereocenters. The van der Waals surface area contributed by atoms with Gasteiger partial charge in [0.15, 0.2) is 0 Å². The average Bonchev–Trinajstić information content (AvgIpc) is 2.55. The van der Waals surface area contributed by atoms with E-state index < -0.39 is 0 Å². The lowest BCUT2D eigenvalue weighted by molar-refractivity contribution is 1.21. The van der Waals surface area contributed by atoms with Crippen LogP contribution in [0.5, 0.6) is 0 Å². The topological polar surface area (TPSA) is 36.7 Å². The third-order valence-electron chi connectivity index (χ3n) is 3.37. The number of hydrogen-bond donors (Lipinski definition) is 0. The van der Waals surface area contributed by atoms with Gasteiger partial charge in [0.2, 0.25) is 0 Å². The molecule has 0 N–H and O–H groups in total. The minimum absolute atomic E-state index is 0.662. The molecule has 1 aromatic heterocycles. The summed E-state index contributed by atoms with van der Waals surface area (Å²) in [6.45, 7) is 2.00. The highest BCUT2D eigenvalue weighted by Gasteiger charge is 2.05. The van der Waals surface area contributed by atoms with E-state index in [9.17, 15) is 0 Å². The molecule has 0 bridgehead atoms. The summed E-state index contributed by atoms with van der Waals surface area (Å²) in [5.41, 5.74) is 5.93. The highest BCUT2D eigenvalue weighted by Crippen LogP contribution is 2.26. The first kappa shape index (κ1) is 13.1. The van der Waals surface area contributed by atoms with Gasteiger partial charge in [-0.2, -0.15) is 5.26 Å². The van der Waals surface area contributed by atoms with Crippen molar-refractivity contribution < 1.29 is 0 Å². The van der Waals surface area contributed by atoms with Crippen LogP contribution < -0.4 is 0 Å². The highest BCUT2D eigenvalue weighted by molar-refractivity contribution is 5.71. The van der Waals surface area contributed by atoms with Crippen molar-refractivity contribution in [3.05, 3.63) is 78.0 Å². The molecule has 1 heterocycles. The molecule has 3 rings (SSSR count). The van der Waals surface area contributed by atoms with Crippen molar-refractivity contribution in [2.75, 3.05) is 0 Å². The van der Waals surface area contributed by atoms with Crippen LogP contribution in [0.15, 0.2) is 66.7 Å². The van der Waals surface area contributed by atoms with E-state index in [1.807, 2.05) is 49.4 Å². The van der Waals surface area contributed by atoms with Crippen LogP contribution in [0, 0.1) is 18.3 Å². The number of aromatic nitrogens is 1. The van der Waals surface area contributed by atoms with Gasteiger partial charge in [-0.15, -0.1) is 0 Å². The Morgan fingerprint density at radius 1 is 0.810 bits per heavy atom. The van der Waals surface area contributed by atoms with E-state index in [4.69, 9.17) is 5.26 Å². The Labute approximate surface area is 124 Å². The second kappa shape index (κ2) is 5.60. The average molecular weight is 270 g/mol. The van der Waals surface area contributed by atoms with E-state index in [0.717, 1.165) is 22.5 Å². The standard InChI is InChI=1S/C19H14N2/c1-14-11-18(16-5-3-2-4-6-16)12-19(21-14)17-9-7-15(13-20)8-10-17/h2-12H,1H3. The zero-order valence-electron chi connectivity index (χ0n) is 11.7. The fraction of sp³-hybridized carbons (Fsp3) is 0.0526. The Hall–Kier alpha value is -2.92. The summed E-state index contributed by atoms with van der Waals surface area (Å²) < 4.78 is 0. The van der Waals surface area contributed by atoms with Gasteiger partial charge in [0.25, 0.3) is 0 Å². The summed E-state index contributed by atoms with van der Waals surface area (Å²) in [6.07, 6.45) is 0. The van der Waals surface area contributed by atoms with Gasteiger partial charge in [0.1, 0.15) is 0 Å². The summed E-state index contributed by atoms with van der Waals surface area (Å²) in [7, 11) is 0. The molecule has 0 aliphatic heterocycles. The van der Waals surface area contributed by atoms with Crippen molar-refractivity contribution >= 4 is 0 Å². The fourth-order valence-electron chi connectivity index (χ4n) is 2.33. The lowest BCUT2D eigenvalue weighted by Crippen LogP contribution is -1.90. The molecule has 0 fully saturated rings. The predicted octanol–water partition coefficient (Wildman–Crippen LogP) is 4.60. The summed E-state index contributed by atoms with van der Waals surface area (Å²) in [6, 6.07) is 24.1. The molecule has 2 heteroatoms. The van der Waals surface area contributed by atoms with Crippen LogP contribution in [0.1, 0.15) is 11.3 Å². The number of aryl methyl sites for hydroxylation is 1. The Morgan fingerprint density at radius 2 is 1.52 bits per heavy atom. The first-order valence-corrected chi connectivity index (χ1v) is 6.81. The molecular formula is C19H14N2. The Balaban J connectivity index is 2.07. The van der Waals surface area contributed by atoms with Crippen LogP contribution >= 0.6 is 0 Å². The number of pyridine rings is 1. The Kier molecular flexibility index (Phi) is 3.49. The molecule has 0 saturated heterocycles. The first-order chi connectivity index (χ1) is 10.3. The molecular weight excluding hydrogens is 256 g/mol. The van der Waals surface area contributed by atoms with Gasteiger partial charge in [-0.25, -0.2) is 0 Å². The largest absolute Gasteiger partial charge is 0.253 e. The molecule has 2 aromatic carbocycles. The van der Waals surface area contributed by atoms with Crippen LogP contribution in [0.25, 0.3) is 22.4 Å². The van der Waals surface area contributed by atoms with E-state index in [-0.39, 0.29) is 0 Å². The number of hydrogen-bond acceptors (Lipinski definition) is 2. The normalized spacial score (nSPS) is 10.1. The maximum absolute atomic E-state index is 8.87. The first-order valence-electron chi connectivity index (χ1n) is 6.81. The van der Waals surface area contributed by atoms with Crippen molar-refractivity contribution in [3.8, 4) is 28.5 Å². The third-order valence-corrected chi connectivity index (χ3v) is 3.37. The van der Waals surface area contributed by atoms with Gasteiger partial charge in [0, 0.05) is 11.3 Å². The van der Waals surface area contributed by atoms with Gasteiger partial charge < -0.3 is 0 Å². The third kappa shape index (κ3) is 2.82. The summed E-state index contributed by atoms with van der Waals surface area (Å²) in [5, 5.41) is 8.87. The second-order valence-electron chi connectivity index (χ2n) is 4.94. The summed E-state index contributed by atoms with van der Waals surface area (Å²) in [4.78, 5) is 4.60. The molecule has 0 saturated carbocycles. The zero-order valence-corrected chi connectivity index (χ0v) is 11.7. The lowest BCUT2D eigenvalue weighted by atomic mass is 10.0. The highest BCUT2D eigenvalue weighted by atomic mass is 14.7. The Bertz CT molecular complexity index is 797. The summed E-state index contributed by atoms with van der Waals surface area (Å²) >= 11 is 0. The number of nitriles is 1. The smallest absolute Gasteiger partial charge is 0.0991 e. The molecule has 21 heavy (non-hydrogen) atoms. The van der Waals surface area contributed by atoms with Crippen LogP contribution in [-0.2, 0) is 0 Å². The van der Waals surface area contributed by atoms with Crippen molar-refractivity contribution in [2.24, 2.45) is 0 Å². The number of nitrogens with zero attached hydrogens (tertiary/aromatic N) is 2. The van der Waals surface area contributed by atoms with Crippen LogP contribution in [-0.4, -0.2) is 4.98 Å². The van der Waals surface area contributed by atoms with E-state index >= 15 is 0 Å². The van der Waals surface area contributed by atoms with E-state index in [1.165, 1.54) is 5.56 Å². The second-order valence-corrected chi connectivity index (χ2v) is 4.94. The molecule has 100 valence electrons. The molecule has 3 aromatic rings. The van der Waals surface area contributed by atoms with Gasteiger partial charge in [-0.1, -0.05) is 42.5 Å².